The van der Waals surface area contributed by atoms with Gasteiger partial charge in [-0.15, -0.1) is 0 Å². The summed E-state index contributed by atoms with van der Waals surface area (Å²) in [5, 5.41) is 2.88. The van der Waals surface area contributed by atoms with Gasteiger partial charge in [-0.05, 0) is 64.0 Å². The third-order valence-corrected chi connectivity index (χ3v) is 5.32. The van der Waals surface area contributed by atoms with Gasteiger partial charge in [0, 0.05) is 21.3 Å². The van der Waals surface area contributed by atoms with Crippen molar-refractivity contribution in [2.45, 2.75) is 6.54 Å². The molecule has 140 valence electrons. The van der Waals surface area contributed by atoms with Crippen LogP contribution in [0.5, 0.6) is 5.75 Å². The Morgan fingerprint density at radius 3 is 2.64 bits per heavy atom. The van der Waals surface area contributed by atoms with Crippen LogP contribution in [0.4, 0.5) is 11.4 Å². The number of hydrogen-bond acceptors (Lipinski definition) is 3. The first-order chi connectivity index (χ1) is 13.6. The van der Waals surface area contributed by atoms with E-state index in [9.17, 15) is 9.59 Å². The smallest absolute Gasteiger partial charge is 0.258 e. The zero-order valence-electron chi connectivity index (χ0n) is 15.1. The summed E-state index contributed by atoms with van der Waals surface area (Å²) in [6.45, 7) is 0.539. The minimum Gasteiger partial charge on any atom is -0.497 e. The van der Waals surface area contributed by atoms with E-state index in [0.717, 1.165) is 16.8 Å². The molecule has 1 aliphatic rings. The average Bonchev–Trinajstić information content (AvgIpc) is 3.06. The van der Waals surface area contributed by atoms with Gasteiger partial charge in [-0.3, -0.25) is 9.59 Å². The molecule has 6 heteroatoms. The maximum Gasteiger partial charge on any atom is 0.258 e. The van der Waals surface area contributed by atoms with Crippen LogP contribution < -0.4 is 15.0 Å². The molecule has 1 heterocycles. The lowest BCUT2D eigenvalue weighted by Crippen LogP contribution is -2.23. The summed E-state index contributed by atoms with van der Waals surface area (Å²) in [4.78, 5) is 26.9. The molecule has 28 heavy (non-hydrogen) atoms. The lowest BCUT2D eigenvalue weighted by molar-refractivity contribution is 0.0994. The van der Waals surface area contributed by atoms with Crippen molar-refractivity contribution < 1.29 is 14.3 Å². The lowest BCUT2D eigenvalue weighted by atomic mass is 10.1. The zero-order chi connectivity index (χ0) is 19.7. The van der Waals surface area contributed by atoms with Gasteiger partial charge in [0.15, 0.2) is 0 Å². The quantitative estimate of drug-likeness (QED) is 0.634. The van der Waals surface area contributed by atoms with Crippen molar-refractivity contribution in [2.75, 3.05) is 17.3 Å². The molecule has 3 aromatic rings. The molecule has 0 saturated carbocycles. The number of hydrogen-bond donors (Lipinski definition) is 1. The zero-order valence-corrected chi connectivity index (χ0v) is 16.7. The third-order valence-electron chi connectivity index (χ3n) is 4.67. The maximum atomic E-state index is 12.6. The van der Waals surface area contributed by atoms with Crippen LogP contribution in [0.2, 0.25) is 0 Å². The summed E-state index contributed by atoms with van der Waals surface area (Å²) >= 11 is 3.50. The van der Waals surface area contributed by atoms with E-state index in [-0.39, 0.29) is 11.8 Å². The van der Waals surface area contributed by atoms with Crippen LogP contribution >= 0.6 is 15.9 Å². The first-order valence-corrected chi connectivity index (χ1v) is 9.51. The molecule has 0 bridgehead atoms. The second-order valence-corrected chi connectivity index (χ2v) is 7.25. The average molecular weight is 437 g/mol. The van der Waals surface area contributed by atoms with E-state index < -0.39 is 0 Å². The van der Waals surface area contributed by atoms with Crippen molar-refractivity contribution in [2.24, 2.45) is 0 Å². The van der Waals surface area contributed by atoms with Crippen LogP contribution in [0, 0.1) is 0 Å². The molecule has 0 spiro atoms. The number of amides is 2. The molecule has 0 atom stereocenters. The molecule has 0 saturated heterocycles. The van der Waals surface area contributed by atoms with Gasteiger partial charge in [0.25, 0.3) is 11.8 Å². The van der Waals surface area contributed by atoms with E-state index in [1.165, 1.54) is 0 Å². The summed E-state index contributed by atoms with van der Waals surface area (Å²) < 4.78 is 5.86. The number of nitrogens with one attached hydrogen (secondary N) is 1. The number of methoxy groups -OCH3 is 1. The Morgan fingerprint density at radius 1 is 1.07 bits per heavy atom. The SMILES string of the molecule is COc1cccc(C(=O)Nc2ccc(N3Cc4ccccc4C3=O)cc2Br)c1. The predicted molar refractivity (Wildman–Crippen MR) is 112 cm³/mol. The molecule has 0 radical (unpaired) electrons. The topological polar surface area (TPSA) is 58.6 Å². The van der Waals surface area contributed by atoms with Gasteiger partial charge in [0.1, 0.15) is 5.75 Å². The fourth-order valence-corrected chi connectivity index (χ4v) is 3.66. The first kappa shape index (κ1) is 18.3. The second-order valence-electron chi connectivity index (χ2n) is 6.40. The standard InChI is InChI=1S/C22H17BrN2O3/c1-28-17-7-4-6-14(11-17)21(26)24-20-10-9-16(12-19(20)23)25-13-15-5-2-3-8-18(15)22(25)27/h2-12H,13H2,1H3,(H,24,26). The Kier molecular flexibility index (Phi) is 4.88. The molecule has 2 amide bonds. The molecule has 5 nitrogen and oxygen atoms in total. The molecule has 4 rings (SSSR count). The number of ether oxygens (including phenoxy) is 1. The number of benzene rings is 3. The third kappa shape index (κ3) is 3.39. The Bertz CT molecular complexity index is 1080. The largest absolute Gasteiger partial charge is 0.497 e. The van der Waals surface area contributed by atoms with E-state index in [1.54, 1.807) is 42.3 Å². The Morgan fingerprint density at radius 2 is 1.89 bits per heavy atom. The molecule has 3 aromatic carbocycles. The predicted octanol–water partition coefficient (Wildman–Crippen LogP) is 4.87. The number of halogens is 1. The number of rotatable bonds is 4. The highest BCUT2D eigenvalue weighted by molar-refractivity contribution is 9.10. The van der Waals surface area contributed by atoms with Crippen molar-refractivity contribution in [3.8, 4) is 5.75 Å². The van der Waals surface area contributed by atoms with Gasteiger partial charge in [0.2, 0.25) is 0 Å². The van der Waals surface area contributed by atoms with E-state index in [1.807, 2.05) is 36.4 Å². The van der Waals surface area contributed by atoms with E-state index >= 15 is 0 Å². The summed E-state index contributed by atoms with van der Waals surface area (Å²) in [5.41, 5.74) is 3.64. The van der Waals surface area contributed by atoms with Crippen LogP contribution in [0.25, 0.3) is 0 Å². The normalized spacial score (nSPS) is 12.6. The number of carbonyl (C=O) groups is 2. The highest BCUT2D eigenvalue weighted by atomic mass is 79.9. The van der Waals surface area contributed by atoms with Crippen molar-refractivity contribution in [3.63, 3.8) is 0 Å². The van der Waals surface area contributed by atoms with Gasteiger partial charge < -0.3 is 15.0 Å². The highest BCUT2D eigenvalue weighted by Crippen LogP contribution is 2.33. The van der Waals surface area contributed by atoms with Gasteiger partial charge in [0.05, 0.1) is 19.3 Å². The van der Waals surface area contributed by atoms with Gasteiger partial charge in [-0.1, -0.05) is 24.3 Å². The maximum absolute atomic E-state index is 12.6. The minimum absolute atomic E-state index is 0.0179. The molecule has 0 aliphatic carbocycles. The van der Waals surface area contributed by atoms with Crippen LogP contribution in [0.1, 0.15) is 26.3 Å². The number of anilines is 2. The Labute approximate surface area is 171 Å². The molecule has 1 N–H and O–H groups in total. The lowest BCUT2D eigenvalue weighted by Gasteiger charge is -2.17. The van der Waals surface area contributed by atoms with Crippen LogP contribution in [0.15, 0.2) is 71.2 Å². The van der Waals surface area contributed by atoms with Crippen molar-refractivity contribution in [1.82, 2.24) is 0 Å². The van der Waals surface area contributed by atoms with Crippen molar-refractivity contribution >= 4 is 39.1 Å². The Balaban J connectivity index is 1.54. The molecular weight excluding hydrogens is 420 g/mol. The fraction of sp³-hybridized carbons (Fsp3) is 0.0909. The summed E-state index contributed by atoms with van der Waals surface area (Å²) in [5.74, 6) is 0.363. The minimum atomic E-state index is -0.239. The Hall–Kier alpha value is -3.12. The fourth-order valence-electron chi connectivity index (χ4n) is 3.19. The van der Waals surface area contributed by atoms with E-state index in [4.69, 9.17) is 4.74 Å². The van der Waals surface area contributed by atoms with Crippen LogP contribution in [0.3, 0.4) is 0 Å². The van der Waals surface area contributed by atoms with Gasteiger partial charge in [-0.25, -0.2) is 0 Å². The number of carbonyl (C=O) groups excluding carboxylic acids is 2. The monoisotopic (exact) mass is 436 g/mol. The van der Waals surface area contributed by atoms with Gasteiger partial charge in [-0.2, -0.15) is 0 Å². The highest BCUT2D eigenvalue weighted by Gasteiger charge is 2.28. The molecule has 0 unspecified atom stereocenters. The summed E-state index contributed by atoms with van der Waals surface area (Å²) in [7, 11) is 1.56. The molecule has 1 aliphatic heterocycles. The molecular formula is C22H17BrN2O3. The van der Waals surface area contributed by atoms with E-state index in [0.29, 0.717) is 28.0 Å². The first-order valence-electron chi connectivity index (χ1n) is 8.71. The summed E-state index contributed by atoms with van der Waals surface area (Å²) in [6, 6.07) is 20.0. The van der Waals surface area contributed by atoms with Crippen molar-refractivity contribution in [3.05, 3.63) is 87.9 Å². The van der Waals surface area contributed by atoms with Crippen molar-refractivity contribution in [1.29, 1.82) is 0 Å². The number of fused-ring (bicyclic) bond motifs is 1. The molecule has 0 fully saturated rings. The van der Waals surface area contributed by atoms with Crippen LogP contribution in [-0.4, -0.2) is 18.9 Å². The van der Waals surface area contributed by atoms with E-state index in [2.05, 4.69) is 21.2 Å². The van der Waals surface area contributed by atoms with Gasteiger partial charge >= 0.3 is 0 Å². The second kappa shape index (κ2) is 7.48. The number of nitrogens with zero attached hydrogens (tertiary/aromatic N) is 1. The molecule has 0 aromatic heterocycles. The summed E-state index contributed by atoms with van der Waals surface area (Å²) in [6.07, 6.45) is 0. The van der Waals surface area contributed by atoms with Crippen LogP contribution in [-0.2, 0) is 6.54 Å².